The molecule has 1 aromatic heterocycles. The molecule has 0 saturated carbocycles. The Morgan fingerprint density at radius 2 is 2.21 bits per heavy atom. The van der Waals surface area contributed by atoms with Gasteiger partial charge in [-0.05, 0) is 19.9 Å². The Hall–Kier alpha value is -1.52. The molecule has 5 heteroatoms. The van der Waals surface area contributed by atoms with Gasteiger partial charge < -0.3 is 10.6 Å². The zero-order chi connectivity index (χ0) is 10.6. The number of amides is 1. The minimum Gasteiger partial charge on any atom is -0.382 e. The van der Waals surface area contributed by atoms with Gasteiger partial charge in [0.05, 0.1) is 0 Å². The fourth-order valence-electron chi connectivity index (χ4n) is 1.28. The van der Waals surface area contributed by atoms with Crippen molar-refractivity contribution >= 4 is 11.7 Å². The Balaban J connectivity index is 2.56. The van der Waals surface area contributed by atoms with Crippen LogP contribution >= 0.6 is 0 Å². The molecule has 78 valence electrons. The third-order valence-electron chi connectivity index (χ3n) is 2.07. The van der Waals surface area contributed by atoms with Gasteiger partial charge >= 0.3 is 0 Å². The molecule has 0 aliphatic heterocycles. The number of hydrogen-bond donors (Lipinski definition) is 1. The van der Waals surface area contributed by atoms with Crippen LogP contribution in [0.2, 0.25) is 0 Å². The molecule has 0 aliphatic rings. The number of hydrogen-bond acceptors (Lipinski definition) is 3. The Morgan fingerprint density at radius 3 is 2.64 bits per heavy atom. The standard InChI is InChI=1S/C9H16N4O/c1-3-12(4-2)9(14)7-13-6-5-8(10)11-13/h5-6H,3-4,7H2,1-2H3,(H2,10,11). The van der Waals surface area contributed by atoms with Gasteiger partial charge in [-0.15, -0.1) is 0 Å². The van der Waals surface area contributed by atoms with Gasteiger partial charge in [0.1, 0.15) is 12.4 Å². The maximum absolute atomic E-state index is 11.6. The molecule has 0 radical (unpaired) electrons. The van der Waals surface area contributed by atoms with Gasteiger partial charge in [0.15, 0.2) is 0 Å². The average molecular weight is 196 g/mol. The topological polar surface area (TPSA) is 64.2 Å². The third kappa shape index (κ3) is 2.48. The molecule has 0 aromatic carbocycles. The number of rotatable bonds is 4. The monoisotopic (exact) mass is 196 g/mol. The molecule has 1 aromatic rings. The number of nitrogens with zero attached hydrogens (tertiary/aromatic N) is 3. The molecule has 0 fully saturated rings. The highest BCUT2D eigenvalue weighted by molar-refractivity contribution is 5.75. The number of carbonyl (C=O) groups is 1. The molecule has 0 atom stereocenters. The molecule has 1 rings (SSSR count). The first-order chi connectivity index (χ1) is 6.67. The second-order valence-electron chi connectivity index (χ2n) is 3.00. The Kier molecular flexibility index (Phi) is 3.50. The molecule has 0 unspecified atom stereocenters. The van der Waals surface area contributed by atoms with E-state index in [0.717, 1.165) is 13.1 Å². The third-order valence-corrected chi connectivity index (χ3v) is 2.07. The fourth-order valence-corrected chi connectivity index (χ4v) is 1.28. The minimum atomic E-state index is 0.0677. The van der Waals surface area contributed by atoms with E-state index >= 15 is 0 Å². The number of nitrogens with two attached hydrogens (primary N) is 1. The van der Waals surface area contributed by atoms with Crippen LogP contribution in [0.25, 0.3) is 0 Å². The van der Waals surface area contributed by atoms with E-state index in [2.05, 4.69) is 5.10 Å². The Morgan fingerprint density at radius 1 is 1.57 bits per heavy atom. The predicted octanol–water partition coefficient (Wildman–Crippen LogP) is 0.334. The molecule has 14 heavy (non-hydrogen) atoms. The van der Waals surface area contributed by atoms with Crippen molar-refractivity contribution in [3.8, 4) is 0 Å². The number of carbonyl (C=O) groups excluding carboxylic acids is 1. The summed E-state index contributed by atoms with van der Waals surface area (Å²) in [6.45, 7) is 5.63. The number of likely N-dealkylation sites (N-methyl/N-ethyl adjacent to an activating group) is 1. The summed E-state index contributed by atoms with van der Waals surface area (Å²) in [5.74, 6) is 0.510. The number of anilines is 1. The summed E-state index contributed by atoms with van der Waals surface area (Å²) >= 11 is 0. The Labute approximate surface area is 83.5 Å². The van der Waals surface area contributed by atoms with Crippen molar-refractivity contribution in [2.45, 2.75) is 20.4 Å². The summed E-state index contributed by atoms with van der Waals surface area (Å²) in [5.41, 5.74) is 5.44. The lowest BCUT2D eigenvalue weighted by Gasteiger charge is -2.18. The van der Waals surface area contributed by atoms with Crippen LogP contribution in [0, 0.1) is 0 Å². The zero-order valence-electron chi connectivity index (χ0n) is 8.60. The van der Waals surface area contributed by atoms with Crippen molar-refractivity contribution < 1.29 is 4.79 Å². The molecule has 0 aliphatic carbocycles. The fraction of sp³-hybridized carbons (Fsp3) is 0.556. The lowest BCUT2D eigenvalue weighted by Crippen LogP contribution is -2.33. The largest absolute Gasteiger partial charge is 0.382 e. The van der Waals surface area contributed by atoms with Crippen molar-refractivity contribution in [2.75, 3.05) is 18.8 Å². The van der Waals surface area contributed by atoms with Crippen LogP contribution in [0.4, 0.5) is 5.82 Å². The molecule has 2 N–H and O–H groups in total. The molecule has 0 spiro atoms. The van der Waals surface area contributed by atoms with Gasteiger partial charge in [-0.1, -0.05) is 0 Å². The summed E-state index contributed by atoms with van der Waals surface area (Å²) in [7, 11) is 0. The van der Waals surface area contributed by atoms with E-state index in [1.165, 1.54) is 0 Å². The van der Waals surface area contributed by atoms with Crippen LogP contribution in [0.1, 0.15) is 13.8 Å². The normalized spacial score (nSPS) is 10.1. The van der Waals surface area contributed by atoms with E-state index in [1.807, 2.05) is 13.8 Å². The molecule has 0 bridgehead atoms. The molecule has 1 amide bonds. The van der Waals surface area contributed by atoms with E-state index in [-0.39, 0.29) is 12.5 Å². The SMILES string of the molecule is CCN(CC)C(=O)Cn1ccc(N)n1. The number of nitrogen functional groups attached to an aromatic ring is 1. The van der Waals surface area contributed by atoms with Crippen LogP contribution in [-0.4, -0.2) is 33.7 Å². The van der Waals surface area contributed by atoms with Crippen molar-refractivity contribution in [3.63, 3.8) is 0 Å². The van der Waals surface area contributed by atoms with E-state index in [9.17, 15) is 4.79 Å². The highest BCUT2D eigenvalue weighted by Crippen LogP contribution is 1.97. The van der Waals surface area contributed by atoms with E-state index in [0.29, 0.717) is 5.82 Å². The second kappa shape index (κ2) is 4.64. The van der Waals surface area contributed by atoms with Crippen LogP contribution in [-0.2, 0) is 11.3 Å². The first-order valence-electron chi connectivity index (χ1n) is 4.74. The van der Waals surface area contributed by atoms with Crippen molar-refractivity contribution in [1.82, 2.24) is 14.7 Å². The molecular formula is C9H16N4O. The lowest BCUT2D eigenvalue weighted by molar-refractivity contribution is -0.131. The van der Waals surface area contributed by atoms with Gasteiger partial charge in [0.2, 0.25) is 5.91 Å². The Bertz CT molecular complexity index is 304. The molecule has 0 saturated heterocycles. The summed E-state index contributed by atoms with van der Waals surface area (Å²) in [6.07, 6.45) is 1.71. The summed E-state index contributed by atoms with van der Waals surface area (Å²) in [6, 6.07) is 1.68. The van der Waals surface area contributed by atoms with E-state index in [1.54, 1.807) is 21.8 Å². The van der Waals surface area contributed by atoms with Crippen LogP contribution < -0.4 is 5.73 Å². The summed E-state index contributed by atoms with van der Waals surface area (Å²) in [5, 5.41) is 3.95. The number of aromatic nitrogens is 2. The second-order valence-corrected chi connectivity index (χ2v) is 3.00. The highest BCUT2D eigenvalue weighted by atomic mass is 16.2. The molecule has 5 nitrogen and oxygen atoms in total. The maximum atomic E-state index is 11.6. The summed E-state index contributed by atoms with van der Waals surface area (Å²) in [4.78, 5) is 13.4. The molecular weight excluding hydrogens is 180 g/mol. The summed E-state index contributed by atoms with van der Waals surface area (Å²) < 4.78 is 1.55. The van der Waals surface area contributed by atoms with Gasteiger partial charge in [0, 0.05) is 19.3 Å². The van der Waals surface area contributed by atoms with Crippen LogP contribution in [0.5, 0.6) is 0 Å². The predicted molar refractivity (Wildman–Crippen MR) is 54.6 cm³/mol. The van der Waals surface area contributed by atoms with Gasteiger partial charge in [-0.25, -0.2) is 0 Å². The van der Waals surface area contributed by atoms with Crippen molar-refractivity contribution in [1.29, 1.82) is 0 Å². The van der Waals surface area contributed by atoms with E-state index in [4.69, 9.17) is 5.73 Å². The quantitative estimate of drug-likeness (QED) is 0.755. The van der Waals surface area contributed by atoms with Gasteiger partial charge in [-0.3, -0.25) is 9.48 Å². The first kappa shape index (κ1) is 10.6. The van der Waals surface area contributed by atoms with Crippen LogP contribution in [0.3, 0.4) is 0 Å². The smallest absolute Gasteiger partial charge is 0.244 e. The lowest BCUT2D eigenvalue weighted by atomic mass is 10.4. The van der Waals surface area contributed by atoms with Crippen molar-refractivity contribution in [3.05, 3.63) is 12.3 Å². The average Bonchev–Trinajstić information content (AvgIpc) is 2.53. The zero-order valence-corrected chi connectivity index (χ0v) is 8.60. The van der Waals surface area contributed by atoms with Gasteiger partial charge in [-0.2, -0.15) is 5.10 Å². The highest BCUT2D eigenvalue weighted by Gasteiger charge is 2.10. The minimum absolute atomic E-state index is 0.0677. The maximum Gasteiger partial charge on any atom is 0.244 e. The van der Waals surface area contributed by atoms with E-state index < -0.39 is 0 Å². The first-order valence-corrected chi connectivity index (χ1v) is 4.74. The van der Waals surface area contributed by atoms with Crippen molar-refractivity contribution in [2.24, 2.45) is 0 Å². The van der Waals surface area contributed by atoms with Gasteiger partial charge in [0.25, 0.3) is 0 Å². The molecule has 1 heterocycles. The van der Waals surface area contributed by atoms with Crippen LogP contribution in [0.15, 0.2) is 12.3 Å².